The Kier molecular flexibility index (Phi) is 11.9. The van der Waals surface area contributed by atoms with Crippen LogP contribution < -0.4 is 14.5 Å². The Morgan fingerprint density at radius 3 is 1.68 bits per heavy atom. The summed E-state index contributed by atoms with van der Waals surface area (Å²) >= 11 is 0. The lowest BCUT2D eigenvalue weighted by atomic mass is 9.61. The second-order valence-electron chi connectivity index (χ2n) is 29.3. The van der Waals surface area contributed by atoms with Gasteiger partial charge in [0.05, 0.1) is 32.2 Å². The highest BCUT2D eigenvalue weighted by molar-refractivity contribution is 6.10. The van der Waals surface area contributed by atoms with Crippen molar-refractivity contribution >= 4 is 44.6 Å². The number of aryl methyl sites for hydroxylation is 1. The van der Waals surface area contributed by atoms with Crippen molar-refractivity contribution in [1.29, 1.82) is 0 Å². The Bertz CT molecular complexity index is 4440. The Morgan fingerprint density at radius 2 is 1.06 bits per heavy atom. The number of nitrogens with zero attached hydrogens (tertiary/aromatic N) is 4. The number of ether oxygens (including phenoxy) is 1. The van der Waals surface area contributed by atoms with Crippen molar-refractivity contribution in [3.05, 3.63) is 215 Å². The van der Waals surface area contributed by atoms with Gasteiger partial charge in [0.1, 0.15) is 24.0 Å². The van der Waals surface area contributed by atoms with Gasteiger partial charge in [-0.1, -0.05) is 208 Å². The predicted octanol–water partition coefficient (Wildman–Crippen LogP) is 22.1. The average molecular weight is 1110 g/mol. The second-order valence-corrected chi connectivity index (χ2v) is 29.3. The normalized spacial score (nSPS) is 16.4. The van der Waals surface area contributed by atoms with Gasteiger partial charge in [0.25, 0.3) is 0 Å². The largest absolute Gasteiger partial charge is 0.457 e. The van der Waals surface area contributed by atoms with Crippen LogP contribution in [-0.4, -0.2) is 16.2 Å². The van der Waals surface area contributed by atoms with Crippen LogP contribution in [0, 0.1) is 6.85 Å². The highest BCUT2D eigenvalue weighted by atomic mass is 16.5. The molecule has 0 radical (unpaired) electrons. The van der Waals surface area contributed by atoms with Gasteiger partial charge < -0.3 is 14.5 Å². The Hall–Kier alpha value is -7.89. The number of benzene rings is 8. The SMILES string of the molecule is [2H]c1c([2H])c(-c2cnc(-n3c4cc(Oc5cccc(N6CN(c7c(-c8cccc(C(C)(C)C)c8)cc(C(C)(C)C)cc7-c7cccc(C(C)(C)C)c7)c7ccccc76)c5)ccc4c4ccc(C(C)(C)C)cc43)cc2C([2H])([2H])[2H])c2c(c1[2H])C(C)(C)CCC2(C)C. The molecule has 84 heavy (non-hydrogen) atoms. The lowest BCUT2D eigenvalue weighted by Crippen LogP contribution is -2.34. The van der Waals surface area contributed by atoms with Crippen LogP contribution in [0.5, 0.6) is 11.5 Å². The Balaban J connectivity index is 0.983. The highest BCUT2D eigenvalue weighted by Crippen LogP contribution is 2.54. The summed E-state index contributed by atoms with van der Waals surface area (Å²) in [6, 6.07) is 54.0. The minimum atomic E-state index is -2.64. The van der Waals surface area contributed by atoms with Crippen LogP contribution in [0.1, 0.15) is 171 Å². The van der Waals surface area contributed by atoms with E-state index in [2.05, 4.69) is 248 Å². The Morgan fingerprint density at radius 1 is 0.500 bits per heavy atom. The lowest BCUT2D eigenvalue weighted by molar-refractivity contribution is 0.333. The molecular weight excluding hydrogens is 1020 g/mol. The van der Waals surface area contributed by atoms with Crippen molar-refractivity contribution in [2.75, 3.05) is 16.5 Å². The standard InChI is InChI=1S/C79H86N4O/c1-50-40-71(80-48-65(50)62-30-23-31-66-72(62)79(16,17)39-38-78(66,14)15)83-69-45-55(76(8,9)10)34-36-60(69)61-37-35-59(47-70(61)83)84-58-29-22-28-57(46-58)81-49-82(68-33-19-18-32-67(68)81)73-63(51-24-20-26-53(41-51)74(2,3)4)43-56(77(11,12)13)44-64(73)52-25-21-27-54(42-52)75(5,6)7/h18-37,40-48H,38-39,49H2,1-17H3/i1D3,23D,30D,31D. The number of hydrogen-bond acceptors (Lipinski definition) is 4. The maximum absolute atomic E-state index is 9.46. The lowest BCUT2D eigenvalue weighted by Gasteiger charge is -2.43. The molecule has 0 bridgehead atoms. The number of para-hydroxylation sites is 2. The van der Waals surface area contributed by atoms with E-state index in [0.29, 0.717) is 40.7 Å². The predicted molar refractivity (Wildman–Crippen MR) is 358 cm³/mol. The van der Waals surface area contributed by atoms with E-state index in [-0.39, 0.29) is 45.4 Å². The van der Waals surface area contributed by atoms with E-state index in [0.717, 1.165) is 68.5 Å². The number of hydrogen-bond donors (Lipinski definition) is 0. The van der Waals surface area contributed by atoms with Crippen LogP contribution in [-0.2, 0) is 32.5 Å². The maximum Gasteiger partial charge on any atom is 0.137 e. The molecule has 2 aliphatic rings. The van der Waals surface area contributed by atoms with Crippen molar-refractivity contribution in [3.63, 3.8) is 0 Å². The first kappa shape index (κ1) is 49.5. The number of fused-ring (bicyclic) bond motifs is 5. The molecule has 2 aromatic heterocycles. The van der Waals surface area contributed by atoms with Crippen molar-refractivity contribution in [2.24, 2.45) is 0 Å². The number of rotatable bonds is 8. The number of aromatic nitrogens is 2. The van der Waals surface area contributed by atoms with Crippen LogP contribution in [0.4, 0.5) is 22.7 Å². The summed E-state index contributed by atoms with van der Waals surface area (Å²) in [7, 11) is 0. The third kappa shape index (κ3) is 10.2. The fourth-order valence-corrected chi connectivity index (χ4v) is 12.8. The zero-order valence-corrected chi connectivity index (χ0v) is 52.3. The molecule has 0 fully saturated rings. The third-order valence-electron chi connectivity index (χ3n) is 18.0. The summed E-state index contributed by atoms with van der Waals surface area (Å²) in [5.74, 6) is 1.64. The molecule has 0 N–H and O–H groups in total. The van der Waals surface area contributed by atoms with E-state index in [1.54, 1.807) is 12.3 Å². The summed E-state index contributed by atoms with van der Waals surface area (Å²) in [6.45, 7) is 33.4. The molecule has 0 saturated carbocycles. The van der Waals surface area contributed by atoms with Gasteiger partial charge in [-0.2, -0.15) is 0 Å². The van der Waals surface area contributed by atoms with Crippen molar-refractivity contribution in [3.8, 4) is 50.7 Å². The number of anilines is 4. The summed E-state index contributed by atoms with van der Waals surface area (Å²) < 4.78 is 64.2. The molecule has 8 aromatic carbocycles. The first-order chi connectivity index (χ1) is 42.0. The van der Waals surface area contributed by atoms with Crippen LogP contribution in [0.2, 0.25) is 0 Å². The van der Waals surface area contributed by atoms with E-state index in [1.807, 2.05) is 22.8 Å². The molecule has 5 nitrogen and oxygen atoms in total. The first-order valence-electron chi connectivity index (χ1n) is 33.1. The van der Waals surface area contributed by atoms with Gasteiger partial charge in [0.2, 0.25) is 0 Å². The molecule has 1 aliphatic heterocycles. The van der Waals surface area contributed by atoms with Crippen LogP contribution in [0.25, 0.3) is 61.0 Å². The van der Waals surface area contributed by atoms with E-state index >= 15 is 0 Å². The molecule has 428 valence electrons. The smallest absolute Gasteiger partial charge is 0.137 e. The van der Waals surface area contributed by atoms with Gasteiger partial charge in [0.15, 0.2) is 0 Å². The first-order valence-corrected chi connectivity index (χ1v) is 30.1. The molecule has 1 aliphatic carbocycles. The van der Waals surface area contributed by atoms with E-state index < -0.39 is 17.7 Å². The fraction of sp³-hybridized carbons (Fsp3) is 0.329. The van der Waals surface area contributed by atoms with Gasteiger partial charge >= 0.3 is 0 Å². The summed E-state index contributed by atoms with van der Waals surface area (Å²) in [5.41, 5.74) is 16.3. The average Bonchev–Trinajstić information content (AvgIpc) is 0.828. The molecule has 12 rings (SSSR count). The summed E-state index contributed by atoms with van der Waals surface area (Å²) in [6.07, 6.45) is 3.17. The molecule has 0 saturated heterocycles. The summed E-state index contributed by atoms with van der Waals surface area (Å²) in [5, 5.41) is 1.92. The zero-order chi connectivity index (χ0) is 64.7. The number of pyridine rings is 1. The van der Waals surface area contributed by atoms with E-state index in [4.69, 9.17) is 15.2 Å². The minimum Gasteiger partial charge on any atom is -0.457 e. The van der Waals surface area contributed by atoms with E-state index in [1.165, 1.54) is 38.9 Å². The summed E-state index contributed by atoms with van der Waals surface area (Å²) in [4.78, 5) is 10.0. The molecule has 10 aromatic rings. The Labute approximate surface area is 509 Å². The topological polar surface area (TPSA) is 33.5 Å². The molecule has 5 heteroatoms. The van der Waals surface area contributed by atoms with Gasteiger partial charge in [-0.3, -0.25) is 4.57 Å². The van der Waals surface area contributed by atoms with Crippen molar-refractivity contribution in [2.45, 2.75) is 163 Å². The second kappa shape index (κ2) is 20.1. The maximum atomic E-state index is 9.46. The molecule has 0 amide bonds. The van der Waals surface area contributed by atoms with Gasteiger partial charge in [-0.15, -0.1) is 0 Å². The molecule has 0 atom stereocenters. The quantitative estimate of drug-likeness (QED) is 0.152. The fourth-order valence-electron chi connectivity index (χ4n) is 12.8. The van der Waals surface area contributed by atoms with Gasteiger partial charge in [-0.05, 0) is 168 Å². The van der Waals surface area contributed by atoms with Gasteiger partial charge in [0, 0.05) is 55.6 Å². The van der Waals surface area contributed by atoms with Crippen LogP contribution in [0.3, 0.4) is 0 Å². The molecule has 3 heterocycles. The minimum absolute atomic E-state index is 0.0339. The van der Waals surface area contributed by atoms with E-state index in [9.17, 15) is 2.74 Å². The van der Waals surface area contributed by atoms with Crippen LogP contribution >= 0.6 is 0 Å². The zero-order valence-electron chi connectivity index (χ0n) is 58.3. The molecular formula is C79H86N4O. The van der Waals surface area contributed by atoms with Crippen molar-refractivity contribution in [1.82, 2.24) is 9.55 Å². The molecule has 0 spiro atoms. The highest BCUT2D eigenvalue weighted by Gasteiger charge is 2.39. The third-order valence-corrected chi connectivity index (χ3v) is 18.0. The van der Waals surface area contributed by atoms with Crippen LogP contribution in [0.15, 0.2) is 176 Å². The monoisotopic (exact) mass is 1110 g/mol. The van der Waals surface area contributed by atoms with Gasteiger partial charge in [-0.25, -0.2) is 4.98 Å². The molecule has 0 unspecified atom stereocenters. The van der Waals surface area contributed by atoms with Crippen molar-refractivity contribution < 1.29 is 13.0 Å².